The standard InChI is InChI=1S/C18H22N2O5S/c1-3-4-5-6-14-7-9-15(10-8-14)19-26(23,24)18-13-16(20(21)22)11-12-17(18)25-2/h7-13,19H,3-6H2,1-2H3. The van der Waals surface area contributed by atoms with E-state index in [0.717, 1.165) is 37.3 Å². The van der Waals surface area contributed by atoms with Crippen molar-refractivity contribution < 1.29 is 18.1 Å². The summed E-state index contributed by atoms with van der Waals surface area (Å²) >= 11 is 0. The minimum absolute atomic E-state index is 0.0410. The van der Waals surface area contributed by atoms with Gasteiger partial charge in [-0.2, -0.15) is 0 Å². The molecule has 0 spiro atoms. The highest BCUT2D eigenvalue weighted by Gasteiger charge is 2.23. The summed E-state index contributed by atoms with van der Waals surface area (Å²) in [5.41, 5.74) is 1.20. The van der Waals surface area contributed by atoms with E-state index in [4.69, 9.17) is 4.74 Å². The number of nitro groups is 1. The first-order valence-electron chi connectivity index (χ1n) is 8.31. The van der Waals surface area contributed by atoms with Gasteiger partial charge in [-0.15, -0.1) is 0 Å². The third-order valence-corrected chi connectivity index (χ3v) is 5.33. The van der Waals surface area contributed by atoms with E-state index >= 15 is 0 Å². The van der Waals surface area contributed by atoms with Crippen LogP contribution in [0.25, 0.3) is 0 Å². The fraction of sp³-hybridized carbons (Fsp3) is 0.333. The molecule has 0 aliphatic rings. The Kier molecular flexibility index (Phi) is 6.57. The van der Waals surface area contributed by atoms with Crippen LogP contribution >= 0.6 is 0 Å². The number of benzene rings is 2. The van der Waals surface area contributed by atoms with E-state index in [1.165, 1.54) is 19.2 Å². The average Bonchev–Trinajstić information content (AvgIpc) is 2.62. The molecule has 26 heavy (non-hydrogen) atoms. The van der Waals surface area contributed by atoms with Crippen molar-refractivity contribution in [2.24, 2.45) is 0 Å². The molecule has 2 rings (SSSR count). The van der Waals surface area contributed by atoms with E-state index in [-0.39, 0.29) is 16.3 Å². The number of non-ortho nitro benzene ring substituents is 1. The fourth-order valence-electron chi connectivity index (χ4n) is 2.52. The minimum Gasteiger partial charge on any atom is -0.495 e. The average molecular weight is 378 g/mol. The van der Waals surface area contributed by atoms with Crippen LogP contribution < -0.4 is 9.46 Å². The third-order valence-electron chi connectivity index (χ3n) is 3.92. The van der Waals surface area contributed by atoms with Gasteiger partial charge < -0.3 is 4.74 Å². The summed E-state index contributed by atoms with van der Waals surface area (Å²) in [5.74, 6) is 0.0410. The van der Waals surface area contributed by atoms with Gasteiger partial charge in [-0.3, -0.25) is 14.8 Å². The Labute approximate surface area is 153 Å². The molecule has 7 nitrogen and oxygen atoms in total. The molecule has 0 heterocycles. The molecular formula is C18H22N2O5S. The molecular weight excluding hydrogens is 356 g/mol. The van der Waals surface area contributed by atoms with Crippen molar-refractivity contribution in [3.05, 3.63) is 58.1 Å². The Bertz CT molecular complexity index is 864. The molecule has 0 atom stereocenters. The zero-order valence-electron chi connectivity index (χ0n) is 14.8. The number of methoxy groups -OCH3 is 1. The lowest BCUT2D eigenvalue weighted by molar-refractivity contribution is -0.385. The van der Waals surface area contributed by atoms with Crippen LogP contribution in [0.5, 0.6) is 5.75 Å². The Morgan fingerprint density at radius 1 is 1.12 bits per heavy atom. The maximum atomic E-state index is 12.6. The van der Waals surface area contributed by atoms with Crippen LogP contribution in [0.15, 0.2) is 47.4 Å². The monoisotopic (exact) mass is 378 g/mol. The first-order valence-corrected chi connectivity index (χ1v) is 9.80. The van der Waals surface area contributed by atoms with Gasteiger partial charge in [-0.25, -0.2) is 8.42 Å². The number of aryl methyl sites for hydroxylation is 1. The number of ether oxygens (including phenoxy) is 1. The molecule has 0 amide bonds. The molecule has 0 bridgehead atoms. The normalized spacial score (nSPS) is 11.2. The third kappa shape index (κ3) is 4.95. The minimum atomic E-state index is -4.03. The number of hydrogen-bond acceptors (Lipinski definition) is 5. The molecule has 0 aromatic heterocycles. The summed E-state index contributed by atoms with van der Waals surface area (Å²) in [6.45, 7) is 2.14. The second kappa shape index (κ2) is 8.66. The summed E-state index contributed by atoms with van der Waals surface area (Å²) in [6, 6.07) is 10.6. The Morgan fingerprint density at radius 3 is 2.38 bits per heavy atom. The topological polar surface area (TPSA) is 98.5 Å². The zero-order chi connectivity index (χ0) is 19.2. The van der Waals surface area contributed by atoms with Crippen LogP contribution in [-0.4, -0.2) is 20.5 Å². The molecule has 0 aliphatic carbocycles. The number of anilines is 1. The van der Waals surface area contributed by atoms with Crippen molar-refractivity contribution in [2.45, 2.75) is 37.5 Å². The lowest BCUT2D eigenvalue weighted by Crippen LogP contribution is -2.14. The van der Waals surface area contributed by atoms with Gasteiger partial charge in [0.15, 0.2) is 0 Å². The molecule has 0 radical (unpaired) electrons. The predicted octanol–water partition coefficient (Wildman–Crippen LogP) is 4.14. The molecule has 2 aromatic carbocycles. The van der Waals surface area contributed by atoms with Crippen LogP contribution in [0.3, 0.4) is 0 Å². The van der Waals surface area contributed by atoms with Gasteiger partial charge in [0.05, 0.1) is 12.0 Å². The highest BCUT2D eigenvalue weighted by Crippen LogP contribution is 2.29. The largest absolute Gasteiger partial charge is 0.495 e. The molecule has 140 valence electrons. The zero-order valence-corrected chi connectivity index (χ0v) is 15.6. The van der Waals surface area contributed by atoms with E-state index in [9.17, 15) is 18.5 Å². The van der Waals surface area contributed by atoms with Gasteiger partial charge in [0.1, 0.15) is 10.6 Å². The molecule has 0 fully saturated rings. The number of nitrogens with zero attached hydrogens (tertiary/aromatic N) is 1. The molecule has 8 heteroatoms. The maximum absolute atomic E-state index is 12.6. The van der Waals surface area contributed by atoms with Gasteiger partial charge in [0.2, 0.25) is 0 Å². The summed E-state index contributed by atoms with van der Waals surface area (Å²) in [7, 11) is -2.71. The van der Waals surface area contributed by atoms with Gasteiger partial charge >= 0.3 is 0 Å². The summed E-state index contributed by atoms with van der Waals surface area (Å²) in [4.78, 5) is 10.0. The number of nitrogens with one attached hydrogen (secondary N) is 1. The van der Waals surface area contributed by atoms with E-state index in [2.05, 4.69) is 11.6 Å². The van der Waals surface area contributed by atoms with Gasteiger partial charge in [0.25, 0.3) is 15.7 Å². The van der Waals surface area contributed by atoms with Crippen molar-refractivity contribution in [1.82, 2.24) is 0 Å². The van der Waals surface area contributed by atoms with Crippen molar-refractivity contribution >= 4 is 21.4 Å². The Hall–Kier alpha value is -2.61. The second-order valence-electron chi connectivity index (χ2n) is 5.85. The van der Waals surface area contributed by atoms with E-state index in [0.29, 0.717) is 5.69 Å². The van der Waals surface area contributed by atoms with Crippen LogP contribution in [0.2, 0.25) is 0 Å². The van der Waals surface area contributed by atoms with E-state index < -0.39 is 14.9 Å². The van der Waals surface area contributed by atoms with Gasteiger partial charge in [0, 0.05) is 17.8 Å². The number of nitro benzene ring substituents is 1. The Morgan fingerprint density at radius 2 is 1.81 bits per heavy atom. The highest BCUT2D eigenvalue weighted by atomic mass is 32.2. The van der Waals surface area contributed by atoms with Crippen LogP contribution in [-0.2, 0) is 16.4 Å². The molecule has 2 aromatic rings. The molecule has 0 saturated heterocycles. The Balaban J connectivity index is 2.23. The van der Waals surface area contributed by atoms with Gasteiger partial charge in [-0.1, -0.05) is 31.9 Å². The maximum Gasteiger partial charge on any atom is 0.271 e. The lowest BCUT2D eigenvalue weighted by Gasteiger charge is -2.12. The molecule has 0 aliphatic heterocycles. The number of unbranched alkanes of at least 4 members (excludes halogenated alkanes) is 2. The number of rotatable bonds is 9. The molecule has 0 unspecified atom stereocenters. The van der Waals surface area contributed by atoms with Crippen molar-refractivity contribution in [2.75, 3.05) is 11.8 Å². The SMILES string of the molecule is CCCCCc1ccc(NS(=O)(=O)c2cc([N+](=O)[O-])ccc2OC)cc1. The van der Waals surface area contributed by atoms with E-state index in [1.807, 2.05) is 12.1 Å². The number of sulfonamides is 1. The summed E-state index contributed by atoms with van der Waals surface area (Å²) in [6.07, 6.45) is 4.33. The lowest BCUT2D eigenvalue weighted by atomic mass is 10.1. The van der Waals surface area contributed by atoms with Crippen LogP contribution in [0.4, 0.5) is 11.4 Å². The predicted molar refractivity (Wildman–Crippen MR) is 100 cm³/mol. The van der Waals surface area contributed by atoms with Crippen LogP contribution in [0, 0.1) is 10.1 Å². The fourth-order valence-corrected chi connectivity index (χ4v) is 3.77. The quantitative estimate of drug-likeness (QED) is 0.402. The van der Waals surface area contributed by atoms with Gasteiger partial charge in [-0.05, 0) is 36.6 Å². The molecule has 1 N–H and O–H groups in total. The smallest absolute Gasteiger partial charge is 0.271 e. The van der Waals surface area contributed by atoms with Crippen molar-refractivity contribution in [3.8, 4) is 5.75 Å². The van der Waals surface area contributed by atoms with Crippen molar-refractivity contribution in [1.29, 1.82) is 0 Å². The summed E-state index contributed by atoms with van der Waals surface area (Å²) in [5, 5.41) is 10.9. The summed E-state index contributed by atoms with van der Waals surface area (Å²) < 4.78 is 32.8. The van der Waals surface area contributed by atoms with Crippen LogP contribution in [0.1, 0.15) is 31.7 Å². The van der Waals surface area contributed by atoms with Crippen molar-refractivity contribution in [3.63, 3.8) is 0 Å². The number of hydrogen-bond donors (Lipinski definition) is 1. The highest BCUT2D eigenvalue weighted by molar-refractivity contribution is 7.92. The second-order valence-corrected chi connectivity index (χ2v) is 7.50. The first kappa shape index (κ1) is 19.7. The first-order chi connectivity index (χ1) is 12.4. The molecule has 0 saturated carbocycles. The van der Waals surface area contributed by atoms with E-state index in [1.54, 1.807) is 12.1 Å².